The van der Waals surface area contributed by atoms with E-state index in [0.717, 1.165) is 16.0 Å². The summed E-state index contributed by atoms with van der Waals surface area (Å²) >= 11 is 1.54. The number of nitrogens with zero attached hydrogens (tertiary/aromatic N) is 3. The van der Waals surface area contributed by atoms with E-state index < -0.39 is 0 Å². The van der Waals surface area contributed by atoms with E-state index in [1.54, 1.807) is 43.0 Å². The Balaban J connectivity index is 1.33. The monoisotopic (exact) mass is 431 g/mol. The van der Waals surface area contributed by atoms with E-state index >= 15 is 0 Å². The molecular formula is C22H17N5O3S. The standard InChI is InChI=1S/C22H17N5O3S/c1-27-17-9-15(10-23-19(17)26-22(27)29)13-4-2-5-14(8-13)20(28)24-11-16-12-30-21(25-16)18-6-3-7-31-18/h2-10,12H,11H2,1H3,(H,24,28)(H,23,26,29). The molecule has 0 aliphatic carbocycles. The molecule has 4 heterocycles. The molecule has 0 atom stereocenters. The Morgan fingerprint density at radius 3 is 2.97 bits per heavy atom. The van der Waals surface area contributed by atoms with Crippen molar-refractivity contribution in [2.75, 3.05) is 0 Å². The molecule has 0 aliphatic rings. The molecule has 0 saturated heterocycles. The highest BCUT2D eigenvalue weighted by molar-refractivity contribution is 7.13. The third-order valence-corrected chi connectivity index (χ3v) is 5.79. The minimum atomic E-state index is -0.220. The van der Waals surface area contributed by atoms with Gasteiger partial charge in [0.2, 0.25) is 5.89 Å². The number of benzene rings is 1. The molecule has 0 aliphatic heterocycles. The second-order valence-electron chi connectivity index (χ2n) is 6.97. The lowest BCUT2D eigenvalue weighted by Gasteiger charge is -2.07. The van der Waals surface area contributed by atoms with Gasteiger partial charge in [-0.2, -0.15) is 0 Å². The summed E-state index contributed by atoms with van der Waals surface area (Å²) < 4.78 is 6.99. The lowest BCUT2D eigenvalue weighted by molar-refractivity contribution is 0.0950. The number of nitrogens with one attached hydrogen (secondary N) is 2. The smallest absolute Gasteiger partial charge is 0.327 e. The zero-order valence-electron chi connectivity index (χ0n) is 16.5. The molecule has 0 unspecified atom stereocenters. The van der Waals surface area contributed by atoms with Crippen LogP contribution in [0.1, 0.15) is 16.1 Å². The van der Waals surface area contributed by atoms with E-state index in [-0.39, 0.29) is 18.1 Å². The quantitative estimate of drug-likeness (QED) is 0.443. The van der Waals surface area contributed by atoms with Crippen molar-refractivity contribution in [2.45, 2.75) is 6.54 Å². The van der Waals surface area contributed by atoms with Gasteiger partial charge in [0.25, 0.3) is 5.91 Å². The number of aromatic nitrogens is 4. The molecule has 0 fully saturated rings. The summed E-state index contributed by atoms with van der Waals surface area (Å²) in [6, 6.07) is 13.0. The summed E-state index contributed by atoms with van der Waals surface area (Å²) in [5.74, 6) is 0.328. The molecule has 5 aromatic rings. The number of aromatic amines is 1. The summed E-state index contributed by atoms with van der Waals surface area (Å²) in [5.41, 5.74) is 3.82. The maximum absolute atomic E-state index is 12.7. The summed E-state index contributed by atoms with van der Waals surface area (Å²) in [4.78, 5) is 36.8. The van der Waals surface area contributed by atoms with Gasteiger partial charge in [-0.1, -0.05) is 18.2 Å². The van der Waals surface area contributed by atoms with Crippen LogP contribution in [0.15, 0.2) is 69.5 Å². The number of hydrogen-bond acceptors (Lipinski definition) is 6. The minimum Gasteiger partial charge on any atom is -0.443 e. The van der Waals surface area contributed by atoms with Gasteiger partial charge in [0.1, 0.15) is 6.26 Å². The predicted octanol–water partition coefficient (Wildman–Crippen LogP) is 3.58. The van der Waals surface area contributed by atoms with Crippen LogP contribution in [0, 0.1) is 0 Å². The molecule has 5 rings (SSSR count). The zero-order chi connectivity index (χ0) is 21.4. The van der Waals surface area contributed by atoms with E-state index in [0.29, 0.717) is 28.3 Å². The van der Waals surface area contributed by atoms with Crippen molar-refractivity contribution >= 4 is 28.4 Å². The highest BCUT2D eigenvalue weighted by Crippen LogP contribution is 2.24. The molecule has 2 N–H and O–H groups in total. The number of amides is 1. The number of carbonyl (C=O) groups excluding carboxylic acids is 1. The first kappa shape index (κ1) is 19.0. The van der Waals surface area contributed by atoms with Crippen molar-refractivity contribution in [3.05, 3.63) is 82.0 Å². The molecule has 4 aromatic heterocycles. The van der Waals surface area contributed by atoms with E-state index in [4.69, 9.17) is 4.42 Å². The van der Waals surface area contributed by atoms with Gasteiger partial charge < -0.3 is 9.73 Å². The Hall–Kier alpha value is -3.98. The van der Waals surface area contributed by atoms with Gasteiger partial charge in [0, 0.05) is 24.4 Å². The Kier molecular flexibility index (Phi) is 4.72. The summed E-state index contributed by atoms with van der Waals surface area (Å²) in [7, 11) is 1.68. The number of imidazole rings is 1. The van der Waals surface area contributed by atoms with Crippen LogP contribution in [0.25, 0.3) is 33.1 Å². The highest BCUT2D eigenvalue weighted by atomic mass is 32.1. The molecule has 0 spiro atoms. The Morgan fingerprint density at radius 1 is 1.23 bits per heavy atom. The number of thiophene rings is 1. The molecule has 0 radical (unpaired) electrons. The predicted molar refractivity (Wildman–Crippen MR) is 118 cm³/mol. The SMILES string of the molecule is Cn1c(=O)[nH]c2ncc(-c3cccc(C(=O)NCc4coc(-c5cccs5)n4)c3)cc21. The molecule has 31 heavy (non-hydrogen) atoms. The summed E-state index contributed by atoms with van der Waals surface area (Å²) in [6.07, 6.45) is 3.23. The average Bonchev–Trinajstić information content (AvgIpc) is 3.53. The Morgan fingerprint density at radius 2 is 2.13 bits per heavy atom. The van der Waals surface area contributed by atoms with Crippen molar-refractivity contribution in [1.29, 1.82) is 0 Å². The van der Waals surface area contributed by atoms with Crippen LogP contribution < -0.4 is 11.0 Å². The fourth-order valence-electron chi connectivity index (χ4n) is 3.27. The van der Waals surface area contributed by atoms with Gasteiger partial charge >= 0.3 is 5.69 Å². The van der Waals surface area contributed by atoms with Crippen molar-refractivity contribution in [2.24, 2.45) is 7.05 Å². The Labute approximate surface area is 180 Å². The molecule has 1 amide bonds. The third kappa shape index (κ3) is 3.66. The number of fused-ring (bicyclic) bond motifs is 1. The third-order valence-electron chi connectivity index (χ3n) is 4.93. The van der Waals surface area contributed by atoms with Crippen LogP contribution in [-0.4, -0.2) is 25.4 Å². The van der Waals surface area contributed by atoms with Gasteiger partial charge in [-0.05, 0) is 35.2 Å². The molecule has 0 saturated carbocycles. The summed E-state index contributed by atoms with van der Waals surface area (Å²) in [6.45, 7) is 0.261. The number of oxazole rings is 1. The van der Waals surface area contributed by atoms with Crippen LogP contribution >= 0.6 is 11.3 Å². The number of pyridine rings is 1. The second kappa shape index (κ2) is 7.69. The molecule has 1 aromatic carbocycles. The normalized spacial score (nSPS) is 11.1. The van der Waals surface area contributed by atoms with Gasteiger partial charge in [-0.15, -0.1) is 11.3 Å². The maximum Gasteiger partial charge on any atom is 0.327 e. The second-order valence-corrected chi connectivity index (χ2v) is 7.91. The lowest BCUT2D eigenvalue weighted by Crippen LogP contribution is -2.22. The minimum absolute atomic E-state index is 0.217. The number of rotatable bonds is 5. The summed E-state index contributed by atoms with van der Waals surface area (Å²) in [5, 5.41) is 4.83. The van der Waals surface area contributed by atoms with Crippen LogP contribution in [-0.2, 0) is 13.6 Å². The number of hydrogen-bond donors (Lipinski definition) is 2. The van der Waals surface area contributed by atoms with Crippen molar-refractivity contribution in [1.82, 2.24) is 24.8 Å². The van der Waals surface area contributed by atoms with E-state index in [2.05, 4.69) is 20.3 Å². The van der Waals surface area contributed by atoms with E-state index in [1.807, 2.05) is 35.7 Å². The molecule has 154 valence electrons. The van der Waals surface area contributed by atoms with Crippen molar-refractivity contribution in [3.8, 4) is 21.9 Å². The van der Waals surface area contributed by atoms with E-state index in [1.165, 1.54) is 4.57 Å². The topological polar surface area (TPSA) is 106 Å². The van der Waals surface area contributed by atoms with Crippen LogP contribution in [0.5, 0.6) is 0 Å². The zero-order valence-corrected chi connectivity index (χ0v) is 17.3. The fourth-order valence-corrected chi connectivity index (χ4v) is 3.93. The molecule has 0 bridgehead atoms. The van der Waals surface area contributed by atoms with Gasteiger partial charge in [0.05, 0.1) is 22.6 Å². The molecule has 9 heteroatoms. The fraction of sp³-hybridized carbons (Fsp3) is 0.0909. The van der Waals surface area contributed by atoms with Crippen molar-refractivity contribution < 1.29 is 9.21 Å². The van der Waals surface area contributed by atoms with Crippen LogP contribution in [0.2, 0.25) is 0 Å². The lowest BCUT2D eigenvalue weighted by atomic mass is 10.0. The molecular weight excluding hydrogens is 414 g/mol. The highest BCUT2D eigenvalue weighted by Gasteiger charge is 2.12. The van der Waals surface area contributed by atoms with Crippen LogP contribution in [0.3, 0.4) is 0 Å². The largest absolute Gasteiger partial charge is 0.443 e. The first-order chi connectivity index (χ1) is 15.1. The van der Waals surface area contributed by atoms with Crippen molar-refractivity contribution in [3.63, 3.8) is 0 Å². The maximum atomic E-state index is 12.7. The van der Waals surface area contributed by atoms with Gasteiger partial charge in [-0.3, -0.25) is 14.3 Å². The van der Waals surface area contributed by atoms with Gasteiger partial charge in [-0.25, -0.2) is 14.8 Å². The first-order valence-electron chi connectivity index (χ1n) is 9.50. The molecule has 8 nitrogen and oxygen atoms in total. The van der Waals surface area contributed by atoms with Gasteiger partial charge in [0.15, 0.2) is 5.65 Å². The number of carbonyl (C=O) groups is 1. The Bertz CT molecular complexity index is 1450. The number of H-pyrrole nitrogens is 1. The first-order valence-corrected chi connectivity index (χ1v) is 10.4. The average molecular weight is 431 g/mol. The number of aryl methyl sites for hydroxylation is 1. The van der Waals surface area contributed by atoms with E-state index in [9.17, 15) is 9.59 Å². The van der Waals surface area contributed by atoms with Crippen LogP contribution in [0.4, 0.5) is 0 Å².